The van der Waals surface area contributed by atoms with Crippen molar-refractivity contribution in [3.05, 3.63) is 0 Å². The van der Waals surface area contributed by atoms with E-state index in [2.05, 4.69) is 11.7 Å². The van der Waals surface area contributed by atoms with Gasteiger partial charge >= 0.3 is 11.9 Å². The number of ether oxygens (including phenoxy) is 1. The number of cyclic esters (lactones) is 2. The minimum Gasteiger partial charge on any atom is -0.391 e. The summed E-state index contributed by atoms with van der Waals surface area (Å²) in [5, 5.41) is 0. The van der Waals surface area contributed by atoms with E-state index in [1.54, 1.807) is 11.8 Å². The zero-order valence-corrected chi connectivity index (χ0v) is 9.30. The van der Waals surface area contributed by atoms with Crippen LogP contribution in [0.1, 0.15) is 13.3 Å². The molecule has 4 nitrogen and oxygen atoms in total. The first-order valence-electron chi connectivity index (χ1n) is 4.63. The lowest BCUT2D eigenvalue weighted by Gasteiger charge is -2.31. The van der Waals surface area contributed by atoms with Gasteiger partial charge in [-0.2, -0.15) is 11.8 Å². The molecule has 0 saturated carbocycles. The maximum atomic E-state index is 11.0. The van der Waals surface area contributed by atoms with Crippen molar-refractivity contribution in [2.75, 3.05) is 25.1 Å². The smallest absolute Gasteiger partial charge is 0.327 e. The first-order chi connectivity index (χ1) is 6.67. The summed E-state index contributed by atoms with van der Waals surface area (Å²) in [4.78, 5) is 23.9. The predicted octanol–water partition coefficient (Wildman–Crippen LogP) is 0.513. The van der Waals surface area contributed by atoms with Gasteiger partial charge in [-0.1, -0.05) is 6.92 Å². The molecule has 1 saturated heterocycles. The van der Waals surface area contributed by atoms with E-state index in [0.717, 1.165) is 12.2 Å². The van der Waals surface area contributed by atoms with Crippen molar-refractivity contribution in [3.8, 4) is 0 Å². The van der Waals surface area contributed by atoms with Crippen LogP contribution in [-0.4, -0.2) is 48.0 Å². The highest BCUT2D eigenvalue weighted by molar-refractivity contribution is 7.98. The van der Waals surface area contributed by atoms with Crippen molar-refractivity contribution in [2.24, 2.45) is 0 Å². The van der Waals surface area contributed by atoms with Crippen LogP contribution in [0.5, 0.6) is 0 Å². The molecule has 0 aliphatic carbocycles. The molecule has 0 aromatic carbocycles. The molecule has 1 aliphatic rings. The summed E-state index contributed by atoms with van der Waals surface area (Å²) in [6.45, 7) is 2.54. The van der Waals surface area contributed by atoms with Crippen LogP contribution in [0.25, 0.3) is 0 Å². The quantitative estimate of drug-likeness (QED) is 0.507. The standard InChI is InChI=1S/C9H15NO3S/c1-3-7(6-14-2)10-4-8(11)13-9(12)5-10/h7H,3-6H2,1-2H3. The van der Waals surface area contributed by atoms with Gasteiger partial charge in [0.05, 0.1) is 13.1 Å². The van der Waals surface area contributed by atoms with E-state index in [-0.39, 0.29) is 13.1 Å². The number of carbonyl (C=O) groups excluding carboxylic acids is 2. The number of hydrogen-bond donors (Lipinski definition) is 0. The normalized spacial score (nSPS) is 20.7. The number of carbonyl (C=O) groups is 2. The van der Waals surface area contributed by atoms with Gasteiger partial charge in [0, 0.05) is 11.8 Å². The van der Waals surface area contributed by atoms with Crippen LogP contribution in [0, 0.1) is 0 Å². The highest BCUT2D eigenvalue weighted by Gasteiger charge is 2.28. The Kier molecular flexibility index (Phi) is 4.41. The molecule has 0 radical (unpaired) electrons. The zero-order chi connectivity index (χ0) is 10.6. The Morgan fingerprint density at radius 3 is 2.43 bits per heavy atom. The summed E-state index contributed by atoms with van der Waals surface area (Å²) < 4.78 is 4.46. The first-order valence-corrected chi connectivity index (χ1v) is 6.03. The molecule has 1 fully saturated rings. The van der Waals surface area contributed by atoms with E-state index in [4.69, 9.17) is 0 Å². The van der Waals surface area contributed by atoms with Crippen molar-refractivity contribution in [1.82, 2.24) is 4.90 Å². The summed E-state index contributed by atoms with van der Waals surface area (Å²) in [5.74, 6) is 0.0819. The summed E-state index contributed by atoms with van der Waals surface area (Å²) in [7, 11) is 0. The topological polar surface area (TPSA) is 46.6 Å². The molecule has 1 rings (SSSR count). The van der Waals surface area contributed by atoms with Gasteiger partial charge in [0.1, 0.15) is 0 Å². The molecule has 0 bridgehead atoms. The summed E-state index contributed by atoms with van der Waals surface area (Å²) in [5.41, 5.74) is 0. The minimum atomic E-state index is -0.430. The summed E-state index contributed by atoms with van der Waals surface area (Å²) >= 11 is 1.73. The predicted molar refractivity (Wildman–Crippen MR) is 55.1 cm³/mol. The highest BCUT2D eigenvalue weighted by atomic mass is 32.2. The van der Waals surface area contributed by atoms with Crippen molar-refractivity contribution in [2.45, 2.75) is 19.4 Å². The molecule has 0 aromatic heterocycles. The van der Waals surface area contributed by atoms with E-state index in [1.807, 2.05) is 11.2 Å². The highest BCUT2D eigenvalue weighted by Crippen LogP contribution is 2.12. The Morgan fingerprint density at radius 1 is 1.43 bits per heavy atom. The van der Waals surface area contributed by atoms with E-state index in [1.165, 1.54) is 0 Å². The van der Waals surface area contributed by atoms with Crippen LogP contribution in [0.4, 0.5) is 0 Å². The molecule has 80 valence electrons. The fourth-order valence-corrected chi connectivity index (χ4v) is 2.34. The number of nitrogens with zero attached hydrogens (tertiary/aromatic N) is 1. The van der Waals surface area contributed by atoms with Gasteiger partial charge < -0.3 is 4.74 Å². The fourth-order valence-electron chi connectivity index (χ4n) is 1.51. The van der Waals surface area contributed by atoms with Crippen LogP contribution in [0.2, 0.25) is 0 Å². The minimum absolute atomic E-state index is 0.241. The molecule has 1 unspecified atom stereocenters. The number of thioether (sulfide) groups is 1. The monoisotopic (exact) mass is 217 g/mol. The molecular weight excluding hydrogens is 202 g/mol. The molecule has 0 amide bonds. The molecule has 1 atom stereocenters. The largest absolute Gasteiger partial charge is 0.391 e. The molecule has 0 spiro atoms. The van der Waals surface area contributed by atoms with Crippen LogP contribution in [0.3, 0.4) is 0 Å². The van der Waals surface area contributed by atoms with Crippen LogP contribution < -0.4 is 0 Å². The van der Waals surface area contributed by atoms with Gasteiger partial charge in [-0.25, -0.2) is 0 Å². The number of hydrogen-bond acceptors (Lipinski definition) is 5. The van der Waals surface area contributed by atoms with Gasteiger partial charge in [-0.05, 0) is 12.7 Å². The van der Waals surface area contributed by atoms with Crippen molar-refractivity contribution < 1.29 is 14.3 Å². The van der Waals surface area contributed by atoms with Crippen LogP contribution >= 0.6 is 11.8 Å². The van der Waals surface area contributed by atoms with E-state index < -0.39 is 11.9 Å². The number of esters is 2. The fraction of sp³-hybridized carbons (Fsp3) is 0.778. The Morgan fingerprint density at radius 2 is 2.00 bits per heavy atom. The maximum absolute atomic E-state index is 11.0. The van der Waals surface area contributed by atoms with Gasteiger partial charge in [0.25, 0.3) is 0 Å². The summed E-state index contributed by atoms with van der Waals surface area (Å²) in [6.07, 6.45) is 2.97. The zero-order valence-electron chi connectivity index (χ0n) is 8.49. The molecular formula is C9H15NO3S. The Balaban J connectivity index is 2.56. The molecule has 0 N–H and O–H groups in total. The third-order valence-corrected chi connectivity index (χ3v) is 2.96. The molecule has 5 heteroatoms. The van der Waals surface area contributed by atoms with E-state index in [0.29, 0.717) is 6.04 Å². The van der Waals surface area contributed by atoms with Crippen molar-refractivity contribution in [1.29, 1.82) is 0 Å². The van der Waals surface area contributed by atoms with Crippen molar-refractivity contribution in [3.63, 3.8) is 0 Å². The van der Waals surface area contributed by atoms with Gasteiger partial charge in [0.15, 0.2) is 0 Å². The summed E-state index contributed by atoms with van der Waals surface area (Å²) in [6, 6.07) is 0.293. The third-order valence-electron chi connectivity index (χ3n) is 2.24. The molecule has 1 aliphatic heterocycles. The average Bonchev–Trinajstić information content (AvgIpc) is 2.12. The maximum Gasteiger partial charge on any atom is 0.327 e. The van der Waals surface area contributed by atoms with E-state index in [9.17, 15) is 9.59 Å². The van der Waals surface area contributed by atoms with Gasteiger partial charge in [-0.15, -0.1) is 0 Å². The second kappa shape index (κ2) is 5.36. The number of morpholine rings is 1. The molecule has 1 heterocycles. The van der Waals surface area contributed by atoms with Crippen LogP contribution in [-0.2, 0) is 14.3 Å². The Bertz CT molecular complexity index is 216. The second-order valence-electron chi connectivity index (χ2n) is 3.27. The third kappa shape index (κ3) is 2.99. The second-order valence-corrected chi connectivity index (χ2v) is 4.18. The first kappa shape index (κ1) is 11.5. The van der Waals surface area contributed by atoms with Gasteiger partial charge in [0.2, 0.25) is 0 Å². The molecule has 0 aromatic rings. The Labute approximate surface area is 88.0 Å². The lowest BCUT2D eigenvalue weighted by molar-refractivity contribution is -0.167. The van der Waals surface area contributed by atoms with Crippen molar-refractivity contribution >= 4 is 23.7 Å². The lowest BCUT2D eigenvalue weighted by atomic mass is 10.2. The lowest BCUT2D eigenvalue weighted by Crippen LogP contribution is -2.48. The van der Waals surface area contributed by atoms with Gasteiger partial charge in [-0.3, -0.25) is 14.5 Å². The molecule has 14 heavy (non-hydrogen) atoms. The average molecular weight is 217 g/mol. The Hall–Kier alpha value is -0.550. The van der Waals surface area contributed by atoms with Crippen LogP contribution in [0.15, 0.2) is 0 Å². The van der Waals surface area contributed by atoms with E-state index >= 15 is 0 Å². The number of rotatable bonds is 4. The SMILES string of the molecule is CCC(CSC)N1CC(=O)OC(=O)C1.